The predicted molar refractivity (Wildman–Crippen MR) is 65.6 cm³/mol. The van der Waals surface area contributed by atoms with E-state index in [-0.39, 0.29) is 12.0 Å². The molecule has 100 valence electrons. The molecule has 0 aromatic heterocycles. The minimum atomic E-state index is -0.440. The van der Waals surface area contributed by atoms with Gasteiger partial charge in [0.1, 0.15) is 0 Å². The lowest BCUT2D eigenvalue weighted by molar-refractivity contribution is -0.136. The number of carbonyl (C=O) groups is 1. The van der Waals surface area contributed by atoms with Gasteiger partial charge in [-0.05, 0) is 26.7 Å². The lowest BCUT2D eigenvalue weighted by Crippen LogP contribution is -2.50. The van der Waals surface area contributed by atoms with E-state index in [1.165, 1.54) is 0 Å². The van der Waals surface area contributed by atoms with E-state index in [4.69, 9.17) is 15.2 Å². The summed E-state index contributed by atoms with van der Waals surface area (Å²) in [5, 5.41) is 2.93. The Hall–Kier alpha value is -0.650. The highest BCUT2D eigenvalue weighted by Crippen LogP contribution is 2.29. The first-order valence-electron chi connectivity index (χ1n) is 6.32. The van der Waals surface area contributed by atoms with Crippen LogP contribution in [0.5, 0.6) is 0 Å². The highest BCUT2D eigenvalue weighted by Gasteiger charge is 2.38. The van der Waals surface area contributed by atoms with Crippen LogP contribution in [0.3, 0.4) is 0 Å². The minimum Gasteiger partial charge on any atom is -0.381 e. The van der Waals surface area contributed by atoms with Crippen LogP contribution in [0.2, 0.25) is 0 Å². The Kier molecular flexibility index (Phi) is 5.88. The van der Waals surface area contributed by atoms with E-state index in [2.05, 4.69) is 5.32 Å². The van der Waals surface area contributed by atoms with Gasteiger partial charge in [-0.1, -0.05) is 0 Å². The molecule has 1 saturated heterocycles. The van der Waals surface area contributed by atoms with E-state index < -0.39 is 5.41 Å². The Morgan fingerprint density at radius 3 is 2.71 bits per heavy atom. The maximum absolute atomic E-state index is 12.2. The van der Waals surface area contributed by atoms with Gasteiger partial charge in [0.05, 0.1) is 11.5 Å². The largest absolute Gasteiger partial charge is 0.381 e. The molecule has 1 rings (SSSR count). The molecule has 1 heterocycles. The number of hydrogen-bond donors (Lipinski definition) is 2. The van der Waals surface area contributed by atoms with Gasteiger partial charge in [-0.3, -0.25) is 4.79 Å². The molecule has 0 aromatic carbocycles. The molecule has 5 heteroatoms. The lowest BCUT2D eigenvalue weighted by Gasteiger charge is -2.34. The maximum Gasteiger partial charge on any atom is 0.227 e. The van der Waals surface area contributed by atoms with Crippen molar-refractivity contribution in [1.29, 1.82) is 0 Å². The lowest BCUT2D eigenvalue weighted by atomic mass is 9.79. The molecule has 1 fully saturated rings. The topological polar surface area (TPSA) is 73.6 Å². The van der Waals surface area contributed by atoms with Crippen LogP contribution in [0.1, 0.15) is 26.7 Å². The summed E-state index contributed by atoms with van der Waals surface area (Å²) >= 11 is 0. The Bertz CT molecular complexity index is 240. The van der Waals surface area contributed by atoms with Gasteiger partial charge in [0.15, 0.2) is 0 Å². The molecule has 0 bridgehead atoms. The molecule has 0 aliphatic carbocycles. The van der Waals surface area contributed by atoms with E-state index in [0.29, 0.717) is 45.8 Å². The summed E-state index contributed by atoms with van der Waals surface area (Å²) < 4.78 is 10.7. The normalized spacial score (nSPS) is 20.9. The van der Waals surface area contributed by atoms with Gasteiger partial charge in [0.2, 0.25) is 5.91 Å². The fraction of sp³-hybridized carbons (Fsp3) is 0.917. The van der Waals surface area contributed by atoms with Gasteiger partial charge in [-0.15, -0.1) is 0 Å². The second-order valence-electron chi connectivity index (χ2n) is 4.57. The van der Waals surface area contributed by atoms with Crippen molar-refractivity contribution in [3.05, 3.63) is 0 Å². The monoisotopic (exact) mass is 244 g/mol. The number of nitrogens with two attached hydrogens (primary N) is 1. The van der Waals surface area contributed by atoms with Crippen molar-refractivity contribution in [2.24, 2.45) is 11.1 Å². The zero-order valence-electron chi connectivity index (χ0n) is 10.8. The van der Waals surface area contributed by atoms with Crippen LogP contribution in [0.4, 0.5) is 0 Å². The van der Waals surface area contributed by atoms with E-state index in [1.54, 1.807) is 0 Å². The van der Waals surface area contributed by atoms with Crippen LogP contribution in [-0.4, -0.2) is 44.9 Å². The molecule has 0 radical (unpaired) electrons. The number of amides is 1. The number of carbonyl (C=O) groups excluding carboxylic acids is 1. The van der Waals surface area contributed by atoms with Gasteiger partial charge in [-0.25, -0.2) is 0 Å². The molecular formula is C12H24N2O3. The smallest absolute Gasteiger partial charge is 0.227 e. The zero-order chi connectivity index (χ0) is 12.7. The Morgan fingerprint density at radius 1 is 1.53 bits per heavy atom. The molecule has 1 atom stereocenters. The summed E-state index contributed by atoms with van der Waals surface area (Å²) in [5.41, 5.74) is 5.32. The Labute approximate surface area is 103 Å². The second-order valence-corrected chi connectivity index (χ2v) is 4.57. The number of hydrogen-bond acceptors (Lipinski definition) is 4. The van der Waals surface area contributed by atoms with Gasteiger partial charge < -0.3 is 20.5 Å². The van der Waals surface area contributed by atoms with E-state index in [1.807, 2.05) is 13.8 Å². The van der Waals surface area contributed by atoms with Crippen molar-refractivity contribution >= 4 is 5.91 Å². The number of rotatable bonds is 6. The Balaban J connectivity index is 2.43. The van der Waals surface area contributed by atoms with Gasteiger partial charge in [-0.2, -0.15) is 0 Å². The molecule has 0 aromatic rings. The average molecular weight is 244 g/mol. The van der Waals surface area contributed by atoms with E-state index >= 15 is 0 Å². The summed E-state index contributed by atoms with van der Waals surface area (Å²) in [5.74, 6) is 0.0369. The van der Waals surface area contributed by atoms with Crippen LogP contribution in [-0.2, 0) is 14.3 Å². The first-order valence-corrected chi connectivity index (χ1v) is 6.32. The first-order chi connectivity index (χ1) is 8.14. The summed E-state index contributed by atoms with van der Waals surface area (Å²) in [4.78, 5) is 12.2. The quantitative estimate of drug-likeness (QED) is 0.704. The molecule has 17 heavy (non-hydrogen) atoms. The van der Waals surface area contributed by atoms with Gasteiger partial charge in [0.25, 0.3) is 0 Å². The summed E-state index contributed by atoms with van der Waals surface area (Å²) in [7, 11) is 0. The highest BCUT2D eigenvalue weighted by molar-refractivity contribution is 5.83. The van der Waals surface area contributed by atoms with Gasteiger partial charge >= 0.3 is 0 Å². The standard InChI is InChI=1S/C12H24N2O3/c1-3-17-10(2)8-14-11(15)12(9-13)4-6-16-7-5-12/h10H,3-9,13H2,1-2H3,(H,14,15). The van der Waals surface area contributed by atoms with Crippen LogP contribution in [0.25, 0.3) is 0 Å². The highest BCUT2D eigenvalue weighted by atomic mass is 16.5. The predicted octanol–water partition coefficient (Wildman–Crippen LogP) is 0.283. The third-order valence-electron chi connectivity index (χ3n) is 3.32. The van der Waals surface area contributed by atoms with Crippen LogP contribution in [0.15, 0.2) is 0 Å². The van der Waals surface area contributed by atoms with Crippen molar-refractivity contribution in [1.82, 2.24) is 5.32 Å². The minimum absolute atomic E-state index is 0.0369. The molecule has 0 spiro atoms. The molecule has 1 aliphatic rings. The van der Waals surface area contributed by atoms with Crippen LogP contribution < -0.4 is 11.1 Å². The molecule has 1 amide bonds. The number of ether oxygens (including phenoxy) is 2. The summed E-state index contributed by atoms with van der Waals surface area (Å²) in [6.45, 7) is 6.70. The van der Waals surface area contributed by atoms with Crippen molar-refractivity contribution < 1.29 is 14.3 Å². The fourth-order valence-electron chi connectivity index (χ4n) is 2.05. The van der Waals surface area contributed by atoms with Crippen LogP contribution >= 0.6 is 0 Å². The van der Waals surface area contributed by atoms with Crippen molar-refractivity contribution in [3.63, 3.8) is 0 Å². The SMILES string of the molecule is CCOC(C)CNC(=O)C1(CN)CCOCC1. The van der Waals surface area contributed by atoms with Gasteiger partial charge in [0, 0.05) is 32.9 Å². The Morgan fingerprint density at radius 2 is 2.18 bits per heavy atom. The third kappa shape index (κ3) is 3.94. The number of nitrogens with one attached hydrogen (secondary N) is 1. The van der Waals surface area contributed by atoms with Crippen molar-refractivity contribution in [2.45, 2.75) is 32.8 Å². The molecule has 1 aliphatic heterocycles. The third-order valence-corrected chi connectivity index (χ3v) is 3.32. The van der Waals surface area contributed by atoms with Crippen molar-refractivity contribution in [2.75, 3.05) is 32.9 Å². The van der Waals surface area contributed by atoms with Crippen molar-refractivity contribution in [3.8, 4) is 0 Å². The molecule has 1 unspecified atom stereocenters. The zero-order valence-corrected chi connectivity index (χ0v) is 10.8. The fourth-order valence-corrected chi connectivity index (χ4v) is 2.05. The molecular weight excluding hydrogens is 220 g/mol. The van der Waals surface area contributed by atoms with E-state index in [9.17, 15) is 4.79 Å². The molecule has 5 nitrogen and oxygen atoms in total. The maximum atomic E-state index is 12.2. The summed E-state index contributed by atoms with van der Waals surface area (Å²) in [6, 6.07) is 0. The second kappa shape index (κ2) is 6.93. The first kappa shape index (κ1) is 14.4. The van der Waals surface area contributed by atoms with E-state index in [0.717, 1.165) is 0 Å². The average Bonchev–Trinajstić information content (AvgIpc) is 2.37. The molecule has 3 N–H and O–H groups in total. The molecule has 0 saturated carbocycles. The summed E-state index contributed by atoms with van der Waals surface area (Å²) in [6.07, 6.45) is 1.45. The van der Waals surface area contributed by atoms with Crippen LogP contribution in [0, 0.1) is 5.41 Å².